The summed E-state index contributed by atoms with van der Waals surface area (Å²) in [5.74, 6) is 0.416. The molecule has 2 amide bonds. The molecule has 0 bridgehead atoms. The molecule has 0 fully saturated rings. The minimum atomic E-state index is -0.168. The van der Waals surface area contributed by atoms with E-state index in [-0.39, 0.29) is 18.4 Å². The van der Waals surface area contributed by atoms with Crippen molar-refractivity contribution >= 4 is 46.0 Å². The van der Waals surface area contributed by atoms with Gasteiger partial charge in [-0.1, -0.05) is 59.6 Å². The predicted molar refractivity (Wildman–Crippen MR) is 131 cm³/mol. The molecule has 0 aliphatic carbocycles. The lowest BCUT2D eigenvalue weighted by atomic mass is 10.2. The third-order valence-corrected chi connectivity index (χ3v) is 5.78. The van der Waals surface area contributed by atoms with E-state index < -0.39 is 0 Å². The van der Waals surface area contributed by atoms with Crippen molar-refractivity contribution in [3.8, 4) is 0 Å². The number of aromatic nitrogens is 2. The summed E-state index contributed by atoms with van der Waals surface area (Å²) in [5.41, 5.74) is 3.05. The number of hydrogen-bond acceptors (Lipinski definition) is 3. The van der Waals surface area contributed by atoms with Crippen LogP contribution in [0.4, 0.5) is 0 Å². The molecule has 0 saturated heterocycles. The van der Waals surface area contributed by atoms with Gasteiger partial charge in [0.15, 0.2) is 0 Å². The van der Waals surface area contributed by atoms with Gasteiger partial charge in [-0.2, -0.15) is 0 Å². The van der Waals surface area contributed by atoms with E-state index in [9.17, 15) is 9.59 Å². The maximum Gasteiger partial charge on any atom is 0.251 e. The van der Waals surface area contributed by atoms with E-state index in [0.29, 0.717) is 35.1 Å². The zero-order valence-corrected chi connectivity index (χ0v) is 19.2. The number of halogens is 2. The largest absolute Gasteiger partial charge is 0.352 e. The third-order valence-electron chi connectivity index (χ3n) is 5.20. The first-order valence-corrected chi connectivity index (χ1v) is 11.2. The van der Waals surface area contributed by atoms with Gasteiger partial charge < -0.3 is 15.2 Å². The lowest BCUT2D eigenvalue weighted by Gasteiger charge is -2.11. The lowest BCUT2D eigenvalue weighted by molar-refractivity contribution is -0.121. The van der Waals surface area contributed by atoms with E-state index in [4.69, 9.17) is 23.2 Å². The van der Waals surface area contributed by atoms with E-state index in [1.54, 1.807) is 30.3 Å². The maximum absolute atomic E-state index is 12.7. The Morgan fingerprint density at radius 3 is 2.45 bits per heavy atom. The molecule has 0 unspecified atom stereocenters. The summed E-state index contributed by atoms with van der Waals surface area (Å²) in [6.07, 6.45) is 0.490. The summed E-state index contributed by atoms with van der Waals surface area (Å²) in [5, 5.41) is 6.86. The molecule has 1 aromatic heterocycles. The van der Waals surface area contributed by atoms with Gasteiger partial charge in [0.25, 0.3) is 5.91 Å². The molecule has 0 aliphatic heterocycles. The van der Waals surface area contributed by atoms with Gasteiger partial charge in [-0.3, -0.25) is 9.59 Å². The zero-order valence-electron chi connectivity index (χ0n) is 17.7. The maximum atomic E-state index is 12.7. The molecule has 33 heavy (non-hydrogen) atoms. The first-order valence-electron chi connectivity index (χ1n) is 10.5. The lowest BCUT2D eigenvalue weighted by Crippen LogP contribution is -2.29. The summed E-state index contributed by atoms with van der Waals surface area (Å²) < 4.78 is 1.88. The average molecular weight is 481 g/mol. The molecular formula is C25H22Cl2N4O2. The summed E-state index contributed by atoms with van der Waals surface area (Å²) in [6.45, 7) is 0.802. The van der Waals surface area contributed by atoms with E-state index in [2.05, 4.69) is 15.6 Å². The van der Waals surface area contributed by atoms with Crippen LogP contribution in [0.5, 0.6) is 0 Å². The minimum Gasteiger partial charge on any atom is -0.352 e. The Labute approximate surface area is 201 Å². The minimum absolute atomic E-state index is 0.105. The van der Waals surface area contributed by atoms with Crippen LogP contribution in [0.1, 0.15) is 21.7 Å². The van der Waals surface area contributed by atoms with Crippen molar-refractivity contribution in [2.75, 3.05) is 6.54 Å². The molecule has 0 spiro atoms. The van der Waals surface area contributed by atoms with E-state index in [1.807, 2.05) is 47.0 Å². The van der Waals surface area contributed by atoms with Crippen LogP contribution in [0.2, 0.25) is 10.0 Å². The molecule has 0 atom stereocenters. The molecule has 168 valence electrons. The second-order valence-corrected chi connectivity index (χ2v) is 8.33. The number of amides is 2. The van der Waals surface area contributed by atoms with Gasteiger partial charge >= 0.3 is 0 Å². The number of imidazole rings is 1. The van der Waals surface area contributed by atoms with Gasteiger partial charge in [-0.25, -0.2) is 4.98 Å². The fourth-order valence-electron chi connectivity index (χ4n) is 3.53. The number of para-hydroxylation sites is 2. The number of rotatable bonds is 8. The summed E-state index contributed by atoms with van der Waals surface area (Å²) >= 11 is 12.1. The number of benzene rings is 3. The van der Waals surface area contributed by atoms with E-state index in [1.165, 1.54) is 0 Å². The normalized spacial score (nSPS) is 10.8. The second kappa shape index (κ2) is 10.5. The number of fused-ring (bicyclic) bond motifs is 1. The molecular weight excluding hydrogens is 459 g/mol. The van der Waals surface area contributed by atoms with Gasteiger partial charge in [0, 0.05) is 35.1 Å². The van der Waals surface area contributed by atoms with Crippen LogP contribution in [-0.2, 0) is 24.3 Å². The number of nitrogens with one attached hydrogen (secondary N) is 2. The summed E-state index contributed by atoms with van der Waals surface area (Å²) in [6, 6.07) is 21.9. The van der Waals surface area contributed by atoms with Crippen LogP contribution in [-0.4, -0.2) is 27.9 Å². The van der Waals surface area contributed by atoms with Gasteiger partial charge in [-0.05, 0) is 42.0 Å². The first kappa shape index (κ1) is 22.8. The third kappa shape index (κ3) is 5.72. The van der Waals surface area contributed by atoms with Crippen molar-refractivity contribution in [2.45, 2.75) is 19.5 Å². The van der Waals surface area contributed by atoms with Crippen molar-refractivity contribution in [3.63, 3.8) is 0 Å². The van der Waals surface area contributed by atoms with Crippen LogP contribution in [0.15, 0.2) is 72.8 Å². The molecule has 0 saturated carbocycles. The van der Waals surface area contributed by atoms with Crippen LogP contribution in [0.3, 0.4) is 0 Å². The smallest absolute Gasteiger partial charge is 0.251 e. The highest BCUT2D eigenvalue weighted by atomic mass is 35.5. The molecule has 2 N–H and O–H groups in total. The Morgan fingerprint density at radius 2 is 1.67 bits per heavy atom. The highest BCUT2D eigenvalue weighted by Gasteiger charge is 2.14. The summed E-state index contributed by atoms with van der Waals surface area (Å²) in [7, 11) is 0. The zero-order chi connectivity index (χ0) is 23.2. The highest BCUT2D eigenvalue weighted by molar-refractivity contribution is 6.35. The second-order valence-electron chi connectivity index (χ2n) is 7.49. The van der Waals surface area contributed by atoms with Crippen molar-refractivity contribution < 1.29 is 9.59 Å². The molecule has 0 aliphatic rings. The van der Waals surface area contributed by atoms with Crippen LogP contribution >= 0.6 is 23.2 Å². The molecule has 6 nitrogen and oxygen atoms in total. The Bertz CT molecular complexity index is 1290. The van der Waals surface area contributed by atoms with Gasteiger partial charge in [0.2, 0.25) is 5.91 Å². The van der Waals surface area contributed by atoms with Crippen LogP contribution in [0.25, 0.3) is 11.0 Å². The Hall–Kier alpha value is -3.35. The van der Waals surface area contributed by atoms with E-state index in [0.717, 1.165) is 22.4 Å². The molecule has 4 rings (SSSR count). The first-order chi connectivity index (χ1) is 16.0. The van der Waals surface area contributed by atoms with Crippen LogP contribution in [0, 0.1) is 0 Å². The molecule has 8 heteroatoms. The molecule has 1 heterocycles. The number of nitrogens with zero attached hydrogens (tertiary/aromatic N) is 2. The standard InChI is InChI=1S/C25H22Cl2N4O2/c26-19-11-10-18(20(27)14-19)15-29-24(32)16-31-22-9-5-4-8-21(22)30-23(31)12-13-28-25(33)17-6-2-1-3-7-17/h1-11,14H,12-13,15-16H2,(H,28,33)(H,29,32). The fourth-order valence-corrected chi connectivity index (χ4v) is 4.01. The van der Waals surface area contributed by atoms with Crippen molar-refractivity contribution in [1.29, 1.82) is 0 Å². The Balaban J connectivity index is 1.43. The molecule has 3 aromatic carbocycles. The average Bonchev–Trinajstić information content (AvgIpc) is 3.16. The molecule has 4 aromatic rings. The number of hydrogen-bond donors (Lipinski definition) is 2. The fraction of sp³-hybridized carbons (Fsp3) is 0.160. The van der Waals surface area contributed by atoms with Gasteiger partial charge in [0.05, 0.1) is 11.0 Å². The van der Waals surface area contributed by atoms with Crippen molar-refractivity contribution in [1.82, 2.24) is 20.2 Å². The van der Waals surface area contributed by atoms with Crippen LogP contribution < -0.4 is 10.6 Å². The SMILES string of the molecule is O=C(Cn1c(CCNC(=O)c2ccccc2)nc2ccccc21)NCc1ccc(Cl)cc1Cl. The quantitative estimate of drug-likeness (QED) is 0.385. The van der Waals surface area contributed by atoms with Gasteiger partial charge in [0.1, 0.15) is 12.4 Å². The van der Waals surface area contributed by atoms with Gasteiger partial charge in [-0.15, -0.1) is 0 Å². The Morgan fingerprint density at radius 1 is 0.909 bits per heavy atom. The highest BCUT2D eigenvalue weighted by Crippen LogP contribution is 2.21. The monoisotopic (exact) mass is 480 g/mol. The predicted octanol–water partition coefficient (Wildman–Crippen LogP) is 4.63. The number of carbonyl (C=O) groups excluding carboxylic acids is 2. The van der Waals surface area contributed by atoms with Crippen molar-refractivity contribution in [2.24, 2.45) is 0 Å². The summed E-state index contributed by atoms with van der Waals surface area (Å²) in [4.78, 5) is 29.7. The topological polar surface area (TPSA) is 76.0 Å². The molecule has 0 radical (unpaired) electrons. The van der Waals surface area contributed by atoms with E-state index >= 15 is 0 Å². The number of carbonyl (C=O) groups is 2. The van der Waals surface area contributed by atoms with Crippen molar-refractivity contribution in [3.05, 3.63) is 99.8 Å². The Kier molecular flexibility index (Phi) is 7.27.